The Hall–Kier alpha value is -0.220. The van der Waals surface area contributed by atoms with Crippen molar-refractivity contribution in [3.8, 4) is 0 Å². The molecule has 0 aliphatic rings. The summed E-state index contributed by atoms with van der Waals surface area (Å²) in [5.41, 5.74) is 0. The van der Waals surface area contributed by atoms with Crippen LogP contribution in [0.2, 0.25) is 0 Å². The molecule has 0 heterocycles. The summed E-state index contributed by atoms with van der Waals surface area (Å²) in [7, 11) is 0. The zero-order valence-electron chi connectivity index (χ0n) is 6.94. The van der Waals surface area contributed by atoms with Crippen molar-refractivity contribution in [2.45, 2.75) is 33.0 Å². The zero-order valence-corrected chi connectivity index (χ0v) is 7.84. The number of carbonyl (C=O) groups is 1. The number of aliphatic hydroxyl groups is 1. The summed E-state index contributed by atoms with van der Waals surface area (Å²) in [6.45, 7) is 5.20. The molecule has 0 aliphatic heterocycles. The number of carbonyl (C=O) groups excluding carboxylic acids is 1. The molecule has 66 valence electrons. The number of ether oxygens (including phenoxy) is 1. The molecule has 0 rings (SSSR count). The summed E-state index contributed by atoms with van der Waals surface area (Å²) in [5.74, 6) is -0.0638. The number of hydrogen-bond donors (Lipinski definition) is 2. The highest BCUT2D eigenvalue weighted by Crippen LogP contribution is 2.12. The predicted molar refractivity (Wildman–Crippen MR) is 45.8 cm³/mol. The molecule has 0 saturated heterocycles. The molecule has 0 aromatic heterocycles. The van der Waals surface area contributed by atoms with Gasteiger partial charge in [0.15, 0.2) is 0 Å². The van der Waals surface area contributed by atoms with Gasteiger partial charge in [-0.1, -0.05) is 19.6 Å². The van der Waals surface area contributed by atoms with Gasteiger partial charge in [0.1, 0.15) is 6.10 Å². The van der Waals surface area contributed by atoms with Gasteiger partial charge in [-0.3, -0.25) is 0 Å². The number of aliphatic hydroxyl groups excluding tert-OH is 1. The fourth-order valence-electron chi connectivity index (χ4n) is 0.659. The molecule has 11 heavy (non-hydrogen) atoms. The molecule has 3 nitrogen and oxygen atoms in total. The Kier molecular flexibility index (Phi) is 4.52. The van der Waals surface area contributed by atoms with Gasteiger partial charge < -0.3 is 9.84 Å². The Morgan fingerprint density at radius 1 is 1.45 bits per heavy atom. The molecule has 4 heteroatoms. The van der Waals surface area contributed by atoms with Crippen LogP contribution in [0.1, 0.15) is 20.8 Å². The van der Waals surface area contributed by atoms with Gasteiger partial charge >= 0.3 is 5.30 Å². The van der Waals surface area contributed by atoms with Gasteiger partial charge in [-0.2, -0.15) is 0 Å². The molecule has 1 N–H and O–H groups in total. The average Bonchev–Trinajstić information content (AvgIpc) is 1.84. The van der Waals surface area contributed by atoms with E-state index < -0.39 is 11.4 Å². The summed E-state index contributed by atoms with van der Waals surface area (Å²) in [5, 5.41) is 8.48. The standard InChI is InChI=1S/C7H14O3S/c1-4(5(2)8)6(3)10-7(9)11/h4-6,8H,1-3H3,(H,9,11)/t4?,5?,6-/m0/s1. The first-order chi connectivity index (χ1) is 4.95. The second-order valence-electron chi connectivity index (χ2n) is 2.69. The molecule has 0 saturated carbocycles. The smallest absolute Gasteiger partial charge is 0.364 e. The first-order valence-corrected chi connectivity index (χ1v) is 3.97. The second-order valence-corrected chi connectivity index (χ2v) is 3.05. The normalized spacial score (nSPS) is 18.6. The molecule has 3 atom stereocenters. The van der Waals surface area contributed by atoms with Crippen molar-refractivity contribution in [1.82, 2.24) is 0 Å². The quantitative estimate of drug-likeness (QED) is 0.508. The molecular weight excluding hydrogens is 164 g/mol. The number of hydrogen-bond acceptors (Lipinski definition) is 3. The van der Waals surface area contributed by atoms with Gasteiger partial charge in [-0.25, -0.2) is 4.79 Å². The minimum Gasteiger partial charge on any atom is -0.454 e. The van der Waals surface area contributed by atoms with E-state index in [2.05, 4.69) is 12.6 Å². The van der Waals surface area contributed by atoms with Crippen LogP contribution in [0.5, 0.6) is 0 Å². The second kappa shape index (κ2) is 4.62. The molecular formula is C7H14O3S. The van der Waals surface area contributed by atoms with Crippen LogP contribution in [0.4, 0.5) is 4.79 Å². The van der Waals surface area contributed by atoms with Crippen LogP contribution in [-0.4, -0.2) is 22.6 Å². The van der Waals surface area contributed by atoms with Gasteiger partial charge in [0.2, 0.25) is 0 Å². The molecule has 0 spiro atoms. The minimum atomic E-state index is -0.606. The van der Waals surface area contributed by atoms with Crippen molar-refractivity contribution in [3.63, 3.8) is 0 Å². The maximum absolute atomic E-state index is 10.3. The van der Waals surface area contributed by atoms with Crippen molar-refractivity contribution >= 4 is 17.9 Å². The Balaban J connectivity index is 3.82. The molecule has 0 radical (unpaired) electrons. The fourth-order valence-corrected chi connectivity index (χ4v) is 0.825. The monoisotopic (exact) mass is 178 g/mol. The Morgan fingerprint density at radius 3 is 2.18 bits per heavy atom. The van der Waals surface area contributed by atoms with Crippen LogP contribution in [0.15, 0.2) is 0 Å². The van der Waals surface area contributed by atoms with Crippen LogP contribution < -0.4 is 0 Å². The Morgan fingerprint density at radius 2 is 1.91 bits per heavy atom. The third-order valence-corrected chi connectivity index (χ3v) is 1.89. The molecule has 0 amide bonds. The van der Waals surface area contributed by atoms with Gasteiger partial charge in [0.25, 0.3) is 0 Å². The highest BCUT2D eigenvalue weighted by Gasteiger charge is 2.19. The summed E-state index contributed by atoms with van der Waals surface area (Å²) in [6, 6.07) is 0. The lowest BCUT2D eigenvalue weighted by Gasteiger charge is -2.21. The van der Waals surface area contributed by atoms with Gasteiger partial charge in [-0.05, 0) is 13.8 Å². The van der Waals surface area contributed by atoms with Crippen LogP contribution in [-0.2, 0) is 4.74 Å². The van der Waals surface area contributed by atoms with E-state index in [1.54, 1.807) is 13.8 Å². The molecule has 2 unspecified atom stereocenters. The Bertz CT molecular complexity index is 136. The van der Waals surface area contributed by atoms with Gasteiger partial charge in [0, 0.05) is 5.92 Å². The summed E-state index contributed by atoms with van der Waals surface area (Å²) >= 11 is 3.46. The van der Waals surface area contributed by atoms with Gasteiger partial charge in [0.05, 0.1) is 6.10 Å². The molecule has 0 aromatic carbocycles. The van der Waals surface area contributed by atoms with Crippen LogP contribution in [0.3, 0.4) is 0 Å². The largest absolute Gasteiger partial charge is 0.454 e. The molecule has 0 fully saturated rings. The van der Waals surface area contributed by atoms with E-state index in [4.69, 9.17) is 9.84 Å². The highest BCUT2D eigenvalue weighted by molar-refractivity contribution is 7.96. The van der Waals surface area contributed by atoms with Crippen molar-refractivity contribution in [2.75, 3.05) is 0 Å². The van der Waals surface area contributed by atoms with Crippen LogP contribution in [0, 0.1) is 5.92 Å². The van der Waals surface area contributed by atoms with E-state index in [1.165, 1.54) is 0 Å². The predicted octanol–water partition coefficient (Wildman–Crippen LogP) is 1.46. The number of thiol groups is 1. The molecule has 0 aromatic rings. The topological polar surface area (TPSA) is 46.5 Å². The Labute approximate surface area is 72.2 Å². The van der Waals surface area contributed by atoms with Crippen molar-refractivity contribution in [3.05, 3.63) is 0 Å². The van der Waals surface area contributed by atoms with E-state index in [1.807, 2.05) is 6.92 Å². The minimum absolute atomic E-state index is 0.0638. The van der Waals surface area contributed by atoms with E-state index in [0.29, 0.717) is 0 Å². The third-order valence-electron chi connectivity index (χ3n) is 1.79. The first-order valence-electron chi connectivity index (χ1n) is 3.52. The van der Waals surface area contributed by atoms with Crippen molar-refractivity contribution in [1.29, 1.82) is 0 Å². The van der Waals surface area contributed by atoms with Crippen LogP contribution >= 0.6 is 12.6 Å². The summed E-state index contributed by atoms with van der Waals surface area (Å²) < 4.78 is 4.74. The highest BCUT2D eigenvalue weighted by atomic mass is 32.1. The van der Waals surface area contributed by atoms with E-state index in [-0.39, 0.29) is 12.0 Å². The maximum Gasteiger partial charge on any atom is 0.364 e. The van der Waals surface area contributed by atoms with Crippen LogP contribution in [0.25, 0.3) is 0 Å². The third kappa shape index (κ3) is 4.27. The van der Waals surface area contributed by atoms with E-state index >= 15 is 0 Å². The lowest BCUT2D eigenvalue weighted by molar-refractivity contribution is 0.0348. The van der Waals surface area contributed by atoms with E-state index in [0.717, 1.165) is 0 Å². The van der Waals surface area contributed by atoms with Crippen molar-refractivity contribution in [2.24, 2.45) is 5.92 Å². The van der Waals surface area contributed by atoms with Crippen molar-refractivity contribution < 1.29 is 14.6 Å². The van der Waals surface area contributed by atoms with Gasteiger partial charge in [-0.15, -0.1) is 0 Å². The lowest BCUT2D eigenvalue weighted by atomic mass is 10.0. The molecule has 0 bridgehead atoms. The average molecular weight is 178 g/mol. The SMILES string of the molecule is CC(O)C(C)[C@H](C)OC(=O)S. The van der Waals surface area contributed by atoms with E-state index in [9.17, 15) is 4.79 Å². The summed E-state index contributed by atoms with van der Waals surface area (Å²) in [6.07, 6.45) is -0.766. The maximum atomic E-state index is 10.3. The fraction of sp³-hybridized carbons (Fsp3) is 0.857. The first kappa shape index (κ1) is 10.8. The zero-order chi connectivity index (χ0) is 9.02. The lowest BCUT2D eigenvalue weighted by Crippen LogP contribution is -2.27. The summed E-state index contributed by atoms with van der Waals surface area (Å²) in [4.78, 5) is 10.3. The molecule has 0 aliphatic carbocycles. The number of rotatable bonds is 3.